The Kier molecular flexibility index (Phi) is 3.76. The van der Waals surface area contributed by atoms with Crippen LogP contribution in [0.5, 0.6) is 0 Å². The van der Waals surface area contributed by atoms with Gasteiger partial charge < -0.3 is 9.84 Å². The quantitative estimate of drug-likeness (QED) is 0.859. The van der Waals surface area contributed by atoms with E-state index in [9.17, 15) is 9.90 Å². The van der Waals surface area contributed by atoms with E-state index < -0.39 is 12.0 Å². The van der Waals surface area contributed by atoms with Crippen molar-refractivity contribution in [3.63, 3.8) is 0 Å². The Morgan fingerprint density at radius 3 is 2.82 bits per heavy atom. The van der Waals surface area contributed by atoms with Gasteiger partial charge in [0.1, 0.15) is 6.04 Å². The fourth-order valence-electron chi connectivity index (χ4n) is 2.24. The molecule has 1 aliphatic heterocycles. The van der Waals surface area contributed by atoms with E-state index in [1.165, 1.54) is 0 Å². The van der Waals surface area contributed by atoms with Gasteiger partial charge in [-0.1, -0.05) is 30.3 Å². The van der Waals surface area contributed by atoms with Crippen molar-refractivity contribution in [1.82, 2.24) is 4.90 Å². The Hall–Kier alpha value is -1.39. The van der Waals surface area contributed by atoms with Crippen molar-refractivity contribution >= 4 is 5.97 Å². The summed E-state index contributed by atoms with van der Waals surface area (Å²) in [6.45, 7) is 3.73. The van der Waals surface area contributed by atoms with Crippen LogP contribution >= 0.6 is 0 Å². The van der Waals surface area contributed by atoms with Gasteiger partial charge in [0.05, 0.1) is 12.7 Å². The lowest BCUT2D eigenvalue weighted by Gasteiger charge is -2.37. The van der Waals surface area contributed by atoms with Gasteiger partial charge >= 0.3 is 5.97 Å². The minimum Gasteiger partial charge on any atom is -0.480 e. The first kappa shape index (κ1) is 12.1. The van der Waals surface area contributed by atoms with Crippen molar-refractivity contribution in [3.8, 4) is 0 Å². The minimum atomic E-state index is -0.812. The number of carboxylic acid groups (broad SMARTS) is 1. The number of carboxylic acids is 1. The second-order valence-corrected chi connectivity index (χ2v) is 4.32. The lowest BCUT2D eigenvalue weighted by Crippen LogP contribution is -2.53. The third-order valence-corrected chi connectivity index (χ3v) is 3.08. The summed E-state index contributed by atoms with van der Waals surface area (Å²) in [7, 11) is 0. The molecule has 1 aliphatic rings. The number of nitrogens with zero attached hydrogens (tertiary/aromatic N) is 1. The average Bonchev–Trinajstić information content (AvgIpc) is 2.30. The van der Waals surface area contributed by atoms with Gasteiger partial charge in [0.2, 0.25) is 0 Å². The molecule has 0 aromatic heterocycles. The van der Waals surface area contributed by atoms with Gasteiger partial charge in [0, 0.05) is 13.1 Å². The third-order valence-electron chi connectivity index (χ3n) is 3.08. The fraction of sp³-hybridized carbons (Fsp3) is 0.462. The molecule has 4 heteroatoms. The van der Waals surface area contributed by atoms with E-state index in [1.807, 2.05) is 42.2 Å². The van der Waals surface area contributed by atoms with Crippen LogP contribution in [-0.4, -0.2) is 41.3 Å². The van der Waals surface area contributed by atoms with Crippen LogP contribution in [-0.2, 0) is 16.1 Å². The van der Waals surface area contributed by atoms with E-state index in [0.717, 1.165) is 5.56 Å². The summed E-state index contributed by atoms with van der Waals surface area (Å²) in [6.07, 6.45) is -0.259. The first-order valence-electron chi connectivity index (χ1n) is 5.81. The molecule has 0 spiro atoms. The minimum absolute atomic E-state index is 0.259. The van der Waals surface area contributed by atoms with Gasteiger partial charge in [0.15, 0.2) is 0 Å². The lowest BCUT2D eigenvalue weighted by atomic mass is 10.1. The van der Waals surface area contributed by atoms with Crippen molar-refractivity contribution < 1.29 is 14.6 Å². The van der Waals surface area contributed by atoms with E-state index in [2.05, 4.69) is 0 Å². The second-order valence-electron chi connectivity index (χ2n) is 4.32. The van der Waals surface area contributed by atoms with Crippen molar-refractivity contribution in [2.75, 3.05) is 13.2 Å². The molecule has 0 aliphatic carbocycles. The van der Waals surface area contributed by atoms with Crippen LogP contribution in [0.2, 0.25) is 0 Å². The van der Waals surface area contributed by atoms with Gasteiger partial charge in [-0.2, -0.15) is 0 Å². The maximum atomic E-state index is 11.2. The maximum Gasteiger partial charge on any atom is 0.323 e. The van der Waals surface area contributed by atoms with Gasteiger partial charge in [-0.05, 0) is 12.5 Å². The Balaban J connectivity index is 2.10. The molecule has 1 N–H and O–H groups in total. The van der Waals surface area contributed by atoms with Gasteiger partial charge in [-0.15, -0.1) is 0 Å². The fourth-order valence-corrected chi connectivity index (χ4v) is 2.24. The maximum absolute atomic E-state index is 11.2. The van der Waals surface area contributed by atoms with E-state index in [1.54, 1.807) is 0 Å². The van der Waals surface area contributed by atoms with Crippen LogP contribution in [0.4, 0.5) is 0 Å². The molecular weight excluding hydrogens is 218 g/mol. The van der Waals surface area contributed by atoms with Crippen molar-refractivity contribution in [1.29, 1.82) is 0 Å². The zero-order valence-electron chi connectivity index (χ0n) is 9.87. The predicted octanol–water partition coefficient (Wildman–Crippen LogP) is 1.36. The molecule has 2 rings (SSSR count). The standard InChI is InChI=1S/C13H17NO3/c1-10-12(13(15)16)14(7-8-17-10)9-11-5-3-2-4-6-11/h2-6,10,12H,7-9H2,1H3,(H,15,16)/t10-,12+/m1/s1. The molecule has 0 unspecified atom stereocenters. The highest BCUT2D eigenvalue weighted by atomic mass is 16.5. The Bertz CT molecular complexity index is 380. The molecule has 1 heterocycles. The number of rotatable bonds is 3. The first-order valence-corrected chi connectivity index (χ1v) is 5.81. The van der Waals surface area contributed by atoms with Crippen LogP contribution < -0.4 is 0 Å². The molecule has 1 fully saturated rings. The smallest absolute Gasteiger partial charge is 0.323 e. The van der Waals surface area contributed by atoms with Crippen LogP contribution in [0, 0.1) is 0 Å². The number of aliphatic carboxylic acids is 1. The normalized spacial score (nSPS) is 25.7. The number of morpholine rings is 1. The zero-order chi connectivity index (χ0) is 12.3. The molecule has 1 aromatic rings. The highest BCUT2D eigenvalue weighted by Crippen LogP contribution is 2.17. The number of hydrogen-bond acceptors (Lipinski definition) is 3. The van der Waals surface area contributed by atoms with Crippen LogP contribution in [0.3, 0.4) is 0 Å². The zero-order valence-corrected chi connectivity index (χ0v) is 9.87. The number of ether oxygens (including phenoxy) is 1. The number of benzene rings is 1. The summed E-state index contributed by atoms with van der Waals surface area (Å²) in [5.41, 5.74) is 1.13. The van der Waals surface area contributed by atoms with Crippen molar-refractivity contribution in [3.05, 3.63) is 35.9 Å². The Labute approximate surface area is 101 Å². The Morgan fingerprint density at radius 1 is 1.47 bits per heavy atom. The summed E-state index contributed by atoms with van der Waals surface area (Å²) in [6, 6.07) is 9.37. The van der Waals surface area contributed by atoms with E-state index in [-0.39, 0.29) is 6.10 Å². The summed E-state index contributed by atoms with van der Waals surface area (Å²) >= 11 is 0. The molecular formula is C13H17NO3. The van der Waals surface area contributed by atoms with E-state index in [0.29, 0.717) is 19.7 Å². The van der Waals surface area contributed by atoms with Crippen molar-refractivity contribution in [2.24, 2.45) is 0 Å². The molecule has 0 bridgehead atoms. The van der Waals surface area contributed by atoms with Gasteiger partial charge in [0.25, 0.3) is 0 Å². The number of hydrogen-bond donors (Lipinski definition) is 1. The predicted molar refractivity (Wildman–Crippen MR) is 63.7 cm³/mol. The van der Waals surface area contributed by atoms with Crippen LogP contribution in [0.1, 0.15) is 12.5 Å². The molecule has 0 radical (unpaired) electrons. The summed E-state index contributed by atoms with van der Waals surface area (Å²) in [5.74, 6) is -0.812. The van der Waals surface area contributed by atoms with Crippen LogP contribution in [0.25, 0.3) is 0 Å². The molecule has 1 aromatic carbocycles. The first-order chi connectivity index (χ1) is 8.18. The topological polar surface area (TPSA) is 49.8 Å². The second kappa shape index (κ2) is 5.29. The molecule has 1 saturated heterocycles. The highest BCUT2D eigenvalue weighted by molar-refractivity contribution is 5.74. The lowest BCUT2D eigenvalue weighted by molar-refractivity contribution is -0.156. The van der Waals surface area contributed by atoms with Crippen molar-refractivity contribution in [2.45, 2.75) is 25.6 Å². The number of carbonyl (C=O) groups is 1. The average molecular weight is 235 g/mol. The molecule has 0 saturated carbocycles. The van der Waals surface area contributed by atoms with Gasteiger partial charge in [-0.3, -0.25) is 9.69 Å². The summed E-state index contributed by atoms with van der Waals surface area (Å²) in [4.78, 5) is 13.2. The summed E-state index contributed by atoms with van der Waals surface area (Å²) < 4.78 is 5.40. The van der Waals surface area contributed by atoms with Crippen LogP contribution in [0.15, 0.2) is 30.3 Å². The molecule has 4 nitrogen and oxygen atoms in total. The Morgan fingerprint density at radius 2 is 2.18 bits per heavy atom. The molecule has 17 heavy (non-hydrogen) atoms. The molecule has 0 amide bonds. The van der Waals surface area contributed by atoms with E-state index >= 15 is 0 Å². The van der Waals surface area contributed by atoms with Gasteiger partial charge in [-0.25, -0.2) is 0 Å². The largest absolute Gasteiger partial charge is 0.480 e. The third kappa shape index (κ3) is 2.84. The monoisotopic (exact) mass is 235 g/mol. The summed E-state index contributed by atoms with van der Waals surface area (Å²) in [5, 5.41) is 9.24. The molecule has 92 valence electrons. The van der Waals surface area contributed by atoms with E-state index in [4.69, 9.17) is 4.74 Å². The molecule has 2 atom stereocenters. The highest BCUT2D eigenvalue weighted by Gasteiger charge is 2.34. The SMILES string of the molecule is C[C@H]1OCCN(Cc2ccccc2)[C@@H]1C(=O)O.